The van der Waals surface area contributed by atoms with Gasteiger partial charge in [-0.15, -0.1) is 0 Å². The number of aromatic amines is 1. The Labute approximate surface area is 128 Å². The van der Waals surface area contributed by atoms with Gasteiger partial charge in [-0.1, -0.05) is 6.08 Å². The van der Waals surface area contributed by atoms with Crippen LogP contribution in [0, 0.1) is 5.92 Å². The van der Waals surface area contributed by atoms with Crippen LogP contribution in [-0.2, 0) is 6.18 Å². The first-order chi connectivity index (χ1) is 10.9. The van der Waals surface area contributed by atoms with Gasteiger partial charge in [0.2, 0.25) is 0 Å². The molecule has 1 aromatic rings. The molecule has 3 unspecified atom stereocenters. The molecule has 1 aromatic heterocycles. The number of hydrogen-bond donors (Lipinski definition) is 4. The van der Waals surface area contributed by atoms with Gasteiger partial charge in [-0.2, -0.15) is 23.4 Å². The van der Waals surface area contributed by atoms with Crippen LogP contribution in [0.25, 0.3) is 0 Å². The van der Waals surface area contributed by atoms with E-state index in [4.69, 9.17) is 0 Å². The molecule has 120 valence electrons. The number of hydrazone groups is 1. The predicted molar refractivity (Wildman–Crippen MR) is 75.2 cm³/mol. The quantitative estimate of drug-likeness (QED) is 0.636. The summed E-state index contributed by atoms with van der Waals surface area (Å²) in [6.45, 7) is 0. The molecule has 0 amide bonds. The Morgan fingerprint density at radius 2 is 2.09 bits per heavy atom. The van der Waals surface area contributed by atoms with E-state index in [-0.39, 0.29) is 23.3 Å². The van der Waals surface area contributed by atoms with Crippen molar-refractivity contribution in [3.05, 3.63) is 52.7 Å². The molecule has 23 heavy (non-hydrogen) atoms. The van der Waals surface area contributed by atoms with Crippen LogP contribution >= 0.6 is 0 Å². The molecule has 0 spiro atoms. The number of halogens is 3. The number of rotatable bonds is 1. The maximum atomic E-state index is 13.0. The lowest BCUT2D eigenvalue weighted by Gasteiger charge is -2.31. The van der Waals surface area contributed by atoms with Crippen molar-refractivity contribution in [2.75, 3.05) is 0 Å². The normalized spacial score (nSPS) is 28.8. The molecule has 0 saturated heterocycles. The molecular weight excluding hydrogens is 311 g/mol. The Kier molecular flexibility index (Phi) is 2.81. The number of fused-ring (bicyclic) bond motifs is 2. The van der Waals surface area contributed by atoms with Gasteiger partial charge in [-0.3, -0.25) is 5.10 Å². The molecule has 3 heterocycles. The zero-order valence-electron chi connectivity index (χ0n) is 11.6. The van der Waals surface area contributed by atoms with E-state index in [0.29, 0.717) is 11.3 Å². The van der Waals surface area contributed by atoms with Gasteiger partial charge in [0.1, 0.15) is 5.76 Å². The van der Waals surface area contributed by atoms with E-state index in [1.165, 1.54) is 12.3 Å². The van der Waals surface area contributed by atoms with Crippen LogP contribution in [0.2, 0.25) is 0 Å². The number of aromatic nitrogens is 2. The first kappa shape index (κ1) is 13.9. The van der Waals surface area contributed by atoms with Crippen LogP contribution in [0.5, 0.6) is 0 Å². The minimum Gasteiger partial charge on any atom is -0.508 e. The van der Waals surface area contributed by atoms with E-state index < -0.39 is 17.9 Å². The third kappa shape index (κ3) is 2.11. The fourth-order valence-electron chi connectivity index (χ4n) is 3.09. The monoisotopic (exact) mass is 323 g/mol. The molecule has 0 aromatic carbocycles. The van der Waals surface area contributed by atoms with Crippen molar-refractivity contribution in [3.63, 3.8) is 0 Å². The summed E-state index contributed by atoms with van der Waals surface area (Å²) in [4.78, 5) is 0. The van der Waals surface area contributed by atoms with Crippen molar-refractivity contribution in [2.24, 2.45) is 11.0 Å². The van der Waals surface area contributed by atoms with Crippen LogP contribution in [-0.4, -0.2) is 27.6 Å². The second-order valence-electron chi connectivity index (χ2n) is 5.51. The van der Waals surface area contributed by atoms with Gasteiger partial charge in [-0.25, -0.2) is 0 Å². The van der Waals surface area contributed by atoms with Crippen molar-refractivity contribution in [1.29, 1.82) is 0 Å². The Morgan fingerprint density at radius 3 is 2.87 bits per heavy atom. The van der Waals surface area contributed by atoms with Crippen molar-refractivity contribution in [3.8, 4) is 0 Å². The maximum absolute atomic E-state index is 13.0. The second-order valence-corrected chi connectivity index (χ2v) is 5.51. The van der Waals surface area contributed by atoms with Gasteiger partial charge in [0.15, 0.2) is 5.69 Å². The smallest absolute Gasteiger partial charge is 0.435 e. The van der Waals surface area contributed by atoms with E-state index in [0.717, 1.165) is 0 Å². The summed E-state index contributed by atoms with van der Waals surface area (Å²) in [7, 11) is 0. The Morgan fingerprint density at radius 1 is 1.26 bits per heavy atom. The standard InChI is InChI=1S/C14H12F3N5O/c15-14(16,17)13-7(5-19-22-13)10-3-11(23)12-6-4-18-21-8(6)1-2-9(12)20-10/h1-6,8,10,20-21,23H,(H,19,22). The van der Waals surface area contributed by atoms with Crippen molar-refractivity contribution in [2.45, 2.75) is 18.3 Å². The zero-order valence-corrected chi connectivity index (χ0v) is 11.6. The van der Waals surface area contributed by atoms with Crippen LogP contribution in [0.1, 0.15) is 17.3 Å². The van der Waals surface area contributed by atoms with Crippen LogP contribution in [0.3, 0.4) is 0 Å². The fourth-order valence-corrected chi connectivity index (χ4v) is 3.09. The van der Waals surface area contributed by atoms with Gasteiger partial charge < -0.3 is 15.8 Å². The molecule has 9 heteroatoms. The molecular formula is C14H12F3N5O. The first-order valence-corrected chi connectivity index (χ1v) is 6.95. The van der Waals surface area contributed by atoms with Crippen molar-refractivity contribution >= 4 is 6.21 Å². The highest BCUT2D eigenvalue weighted by molar-refractivity contribution is 5.73. The highest BCUT2D eigenvalue weighted by Crippen LogP contribution is 2.39. The molecule has 2 aliphatic heterocycles. The van der Waals surface area contributed by atoms with Crippen LogP contribution < -0.4 is 10.7 Å². The van der Waals surface area contributed by atoms with E-state index in [9.17, 15) is 18.3 Å². The average molecular weight is 323 g/mol. The number of aliphatic hydroxyl groups is 1. The van der Waals surface area contributed by atoms with E-state index in [2.05, 4.69) is 26.0 Å². The number of H-pyrrole nitrogens is 1. The average Bonchev–Trinajstić information content (AvgIpc) is 3.15. The van der Waals surface area contributed by atoms with Gasteiger partial charge in [0, 0.05) is 29.2 Å². The summed E-state index contributed by atoms with van der Waals surface area (Å²) in [6, 6.07) is -0.876. The molecule has 3 atom stereocenters. The van der Waals surface area contributed by atoms with Crippen LogP contribution in [0.4, 0.5) is 13.2 Å². The van der Waals surface area contributed by atoms with Gasteiger partial charge in [0.25, 0.3) is 0 Å². The molecule has 0 bridgehead atoms. The summed E-state index contributed by atoms with van der Waals surface area (Å²) in [6.07, 6.45) is 3.26. The molecule has 0 radical (unpaired) electrons. The number of hydrogen-bond acceptors (Lipinski definition) is 5. The van der Waals surface area contributed by atoms with Crippen LogP contribution in [0.15, 0.2) is 46.6 Å². The Hall–Kier alpha value is -2.71. The van der Waals surface area contributed by atoms with Gasteiger partial charge >= 0.3 is 6.18 Å². The first-order valence-electron chi connectivity index (χ1n) is 6.95. The van der Waals surface area contributed by atoms with Crippen molar-refractivity contribution < 1.29 is 18.3 Å². The Bertz CT molecular complexity index is 774. The van der Waals surface area contributed by atoms with E-state index in [1.54, 1.807) is 12.3 Å². The molecule has 4 N–H and O–H groups in total. The minimum atomic E-state index is -4.56. The highest BCUT2D eigenvalue weighted by atomic mass is 19.4. The molecule has 4 rings (SSSR count). The fraction of sp³-hybridized carbons (Fsp3) is 0.286. The van der Waals surface area contributed by atoms with Crippen molar-refractivity contribution in [1.82, 2.24) is 20.9 Å². The van der Waals surface area contributed by atoms with Gasteiger partial charge in [0.05, 0.1) is 18.0 Å². The molecule has 6 nitrogen and oxygen atoms in total. The third-order valence-electron chi connectivity index (χ3n) is 4.12. The number of allylic oxidation sites excluding steroid dienone is 2. The number of nitrogens with one attached hydrogen (secondary N) is 3. The van der Waals surface area contributed by atoms with E-state index >= 15 is 0 Å². The minimum absolute atomic E-state index is 0.0485. The summed E-state index contributed by atoms with van der Waals surface area (Å²) in [5.41, 5.74) is 3.05. The Balaban J connectivity index is 1.71. The predicted octanol–water partition coefficient (Wildman–Crippen LogP) is 1.91. The number of nitrogens with zero attached hydrogens (tertiary/aromatic N) is 2. The topological polar surface area (TPSA) is 85.3 Å². The summed E-state index contributed by atoms with van der Waals surface area (Å²) in [5.74, 6) is -0.196. The number of dihydropyridines is 1. The molecule has 1 aliphatic carbocycles. The lowest BCUT2D eigenvalue weighted by atomic mass is 9.83. The van der Waals surface area contributed by atoms with E-state index in [1.807, 2.05) is 6.08 Å². The SMILES string of the molecule is OC1=CC(c2c[nH]nc2C(F)(F)F)NC2=C1C1C=NNC1C=C2. The zero-order chi connectivity index (χ0) is 16.2. The summed E-state index contributed by atoms with van der Waals surface area (Å²) in [5, 5.41) is 22.9. The summed E-state index contributed by atoms with van der Waals surface area (Å²) < 4.78 is 39.0. The lowest BCUT2D eigenvalue weighted by Crippen LogP contribution is -2.36. The largest absolute Gasteiger partial charge is 0.508 e. The third-order valence-corrected chi connectivity index (χ3v) is 4.12. The summed E-state index contributed by atoms with van der Waals surface area (Å²) >= 11 is 0. The second kappa shape index (κ2) is 4.64. The highest BCUT2D eigenvalue weighted by Gasteiger charge is 2.40. The maximum Gasteiger partial charge on any atom is 0.435 e. The number of aliphatic hydroxyl groups excluding tert-OH is 1. The van der Waals surface area contributed by atoms with Gasteiger partial charge in [-0.05, 0) is 12.2 Å². The molecule has 3 aliphatic rings. The molecule has 0 saturated carbocycles. The lowest BCUT2D eigenvalue weighted by molar-refractivity contribution is -0.141. The number of alkyl halides is 3. The molecule has 0 fully saturated rings.